The van der Waals surface area contributed by atoms with Crippen LogP contribution in [0, 0.1) is 0 Å². The molecule has 0 saturated carbocycles. The molecule has 0 aromatic rings. The maximum atomic E-state index is 11.2. The Kier molecular flexibility index (Phi) is 3.13. The molecule has 0 aromatic heterocycles. The second-order valence-corrected chi connectivity index (χ2v) is 5.22. The van der Waals surface area contributed by atoms with Crippen LogP contribution < -0.4 is 0 Å². The number of carboxylic acids is 1. The zero-order valence-corrected chi connectivity index (χ0v) is 8.82. The highest BCUT2D eigenvalue weighted by Gasteiger charge is 2.41. The quantitative estimate of drug-likeness (QED) is 0.671. The highest BCUT2D eigenvalue weighted by Crippen LogP contribution is 2.22. The summed E-state index contributed by atoms with van der Waals surface area (Å²) in [5.41, 5.74) is 0. The van der Waals surface area contributed by atoms with Gasteiger partial charge in [-0.2, -0.15) is 4.31 Å². The van der Waals surface area contributed by atoms with Gasteiger partial charge in [-0.3, -0.25) is 4.79 Å². The summed E-state index contributed by atoms with van der Waals surface area (Å²) in [5, 5.41) is 8.80. The molecule has 1 saturated heterocycles. The lowest BCUT2D eigenvalue weighted by atomic mass is 10.2. The molecule has 1 aliphatic rings. The molecule has 0 aliphatic carbocycles. The summed E-state index contributed by atoms with van der Waals surface area (Å²) in [6.45, 7) is 0.117. The van der Waals surface area contributed by atoms with Crippen molar-refractivity contribution in [3.63, 3.8) is 0 Å². The lowest BCUT2D eigenvalue weighted by Crippen LogP contribution is -2.39. The van der Waals surface area contributed by atoms with Crippen molar-refractivity contribution in [3.05, 3.63) is 0 Å². The predicted octanol–water partition coefficient (Wildman–Crippen LogP) is -0.880. The van der Waals surface area contributed by atoms with Crippen LogP contribution in [0.4, 0.5) is 0 Å². The number of nitrogens with zero attached hydrogens (tertiary/aromatic N) is 1. The first-order chi connectivity index (χ1) is 6.36. The Bertz CT molecular complexity index is 325. The topological polar surface area (TPSA) is 83.9 Å². The largest absolute Gasteiger partial charge is 0.480 e. The van der Waals surface area contributed by atoms with E-state index in [-0.39, 0.29) is 19.1 Å². The highest BCUT2D eigenvalue weighted by atomic mass is 32.2. The van der Waals surface area contributed by atoms with E-state index >= 15 is 0 Å². The third kappa shape index (κ3) is 2.23. The molecule has 1 rings (SSSR count). The smallest absolute Gasteiger partial charge is 0.322 e. The van der Waals surface area contributed by atoms with Crippen molar-refractivity contribution < 1.29 is 23.1 Å². The molecule has 0 radical (unpaired) electrons. The van der Waals surface area contributed by atoms with Crippen LogP contribution in [0.25, 0.3) is 0 Å². The lowest BCUT2D eigenvalue weighted by Gasteiger charge is -2.17. The summed E-state index contributed by atoms with van der Waals surface area (Å²) in [4.78, 5) is 10.8. The van der Waals surface area contributed by atoms with Gasteiger partial charge in [-0.25, -0.2) is 8.42 Å². The summed E-state index contributed by atoms with van der Waals surface area (Å²) < 4.78 is 28.3. The van der Waals surface area contributed by atoms with Crippen LogP contribution in [0.5, 0.6) is 0 Å². The number of carboxylic acid groups (broad SMARTS) is 1. The third-order valence-corrected chi connectivity index (χ3v) is 3.52. The van der Waals surface area contributed by atoms with Gasteiger partial charge in [0.1, 0.15) is 6.04 Å². The number of carbonyl (C=O) groups is 1. The summed E-state index contributed by atoms with van der Waals surface area (Å²) >= 11 is 0. The van der Waals surface area contributed by atoms with E-state index in [0.717, 1.165) is 10.6 Å². The minimum Gasteiger partial charge on any atom is -0.480 e. The van der Waals surface area contributed by atoms with Crippen LogP contribution in [0.2, 0.25) is 0 Å². The second-order valence-electron chi connectivity index (χ2n) is 3.28. The maximum absolute atomic E-state index is 11.2. The number of aliphatic carboxylic acids is 1. The van der Waals surface area contributed by atoms with Crippen LogP contribution in [-0.2, 0) is 19.6 Å². The molecular formula is C7H13NO5S. The first-order valence-corrected chi connectivity index (χ1v) is 5.93. The summed E-state index contributed by atoms with van der Waals surface area (Å²) in [7, 11) is -2.03. The van der Waals surface area contributed by atoms with E-state index in [0.29, 0.717) is 0 Å². The molecule has 82 valence electrons. The van der Waals surface area contributed by atoms with Crippen LogP contribution >= 0.6 is 0 Å². The van der Waals surface area contributed by atoms with Gasteiger partial charge in [-0.05, 0) is 0 Å². The van der Waals surface area contributed by atoms with Crippen molar-refractivity contribution in [2.24, 2.45) is 0 Å². The Hall–Kier alpha value is -0.660. The van der Waals surface area contributed by atoms with Gasteiger partial charge in [0.05, 0.1) is 12.4 Å². The number of methoxy groups -OCH3 is 1. The van der Waals surface area contributed by atoms with E-state index in [4.69, 9.17) is 9.84 Å². The maximum Gasteiger partial charge on any atom is 0.322 e. The zero-order valence-electron chi connectivity index (χ0n) is 8.00. The fraction of sp³-hybridized carbons (Fsp3) is 0.857. The second kappa shape index (κ2) is 3.84. The van der Waals surface area contributed by atoms with Crippen LogP contribution in [0.15, 0.2) is 0 Å². The molecule has 0 spiro atoms. The van der Waals surface area contributed by atoms with Crippen molar-refractivity contribution in [2.45, 2.75) is 18.6 Å². The molecule has 1 N–H and O–H groups in total. The average molecular weight is 223 g/mol. The van der Waals surface area contributed by atoms with Crippen LogP contribution in [0.3, 0.4) is 0 Å². The predicted molar refractivity (Wildman–Crippen MR) is 48.4 cm³/mol. The molecule has 0 aromatic carbocycles. The van der Waals surface area contributed by atoms with Gasteiger partial charge >= 0.3 is 5.97 Å². The molecule has 1 fully saturated rings. The number of hydrogen-bond donors (Lipinski definition) is 1. The summed E-state index contributed by atoms with van der Waals surface area (Å²) in [6, 6.07) is -0.991. The molecule has 0 unspecified atom stereocenters. The van der Waals surface area contributed by atoms with Gasteiger partial charge in [-0.15, -0.1) is 0 Å². The van der Waals surface area contributed by atoms with E-state index in [1.165, 1.54) is 7.11 Å². The van der Waals surface area contributed by atoms with Gasteiger partial charge in [0.25, 0.3) is 0 Å². The summed E-state index contributed by atoms with van der Waals surface area (Å²) in [5.74, 6) is -1.13. The fourth-order valence-electron chi connectivity index (χ4n) is 1.53. The van der Waals surface area contributed by atoms with E-state index in [9.17, 15) is 13.2 Å². The van der Waals surface area contributed by atoms with E-state index in [2.05, 4.69) is 0 Å². The van der Waals surface area contributed by atoms with E-state index in [1.807, 2.05) is 0 Å². The number of rotatable bonds is 3. The molecule has 2 atom stereocenters. The first kappa shape index (κ1) is 11.4. The normalized spacial score (nSPS) is 29.3. The standard InChI is InChI=1S/C7H13NO5S/c1-13-5-3-6(7(9)10)8(4-5)14(2,11)12/h5-6H,3-4H2,1-2H3,(H,9,10)/t5-,6+/m1/s1. The number of hydrogen-bond acceptors (Lipinski definition) is 4. The minimum absolute atomic E-state index is 0.117. The lowest BCUT2D eigenvalue weighted by molar-refractivity contribution is -0.140. The monoisotopic (exact) mass is 223 g/mol. The van der Waals surface area contributed by atoms with Crippen LogP contribution in [0.1, 0.15) is 6.42 Å². The molecular weight excluding hydrogens is 210 g/mol. The van der Waals surface area contributed by atoms with Crippen molar-refractivity contribution in [1.29, 1.82) is 0 Å². The van der Waals surface area contributed by atoms with E-state index < -0.39 is 22.0 Å². The third-order valence-electron chi connectivity index (χ3n) is 2.26. The fourth-order valence-corrected chi connectivity index (χ4v) is 2.61. The van der Waals surface area contributed by atoms with Crippen molar-refractivity contribution in [1.82, 2.24) is 4.31 Å². The van der Waals surface area contributed by atoms with Gasteiger partial charge in [0, 0.05) is 20.1 Å². The van der Waals surface area contributed by atoms with Gasteiger partial charge in [0.15, 0.2) is 0 Å². The Balaban J connectivity index is 2.88. The average Bonchev–Trinajstić information content (AvgIpc) is 2.46. The Morgan fingerprint density at radius 2 is 2.14 bits per heavy atom. The zero-order chi connectivity index (χ0) is 10.9. The molecule has 7 heteroatoms. The van der Waals surface area contributed by atoms with Gasteiger partial charge < -0.3 is 9.84 Å². The Morgan fingerprint density at radius 1 is 1.57 bits per heavy atom. The van der Waals surface area contributed by atoms with E-state index in [1.54, 1.807) is 0 Å². The number of sulfonamides is 1. The molecule has 0 bridgehead atoms. The minimum atomic E-state index is -3.47. The molecule has 0 amide bonds. The van der Waals surface area contributed by atoms with Crippen molar-refractivity contribution in [3.8, 4) is 0 Å². The van der Waals surface area contributed by atoms with Crippen molar-refractivity contribution in [2.75, 3.05) is 19.9 Å². The van der Waals surface area contributed by atoms with Crippen molar-refractivity contribution >= 4 is 16.0 Å². The first-order valence-electron chi connectivity index (χ1n) is 4.08. The Morgan fingerprint density at radius 3 is 2.43 bits per heavy atom. The number of ether oxygens (including phenoxy) is 1. The molecule has 14 heavy (non-hydrogen) atoms. The molecule has 6 nitrogen and oxygen atoms in total. The highest BCUT2D eigenvalue weighted by molar-refractivity contribution is 7.88. The Labute approximate surface area is 82.5 Å². The molecule has 1 aliphatic heterocycles. The van der Waals surface area contributed by atoms with Gasteiger partial charge in [0.2, 0.25) is 10.0 Å². The van der Waals surface area contributed by atoms with Crippen LogP contribution in [-0.4, -0.2) is 55.9 Å². The summed E-state index contributed by atoms with van der Waals surface area (Å²) in [6.07, 6.45) is 0.880. The SMILES string of the molecule is CO[C@@H]1C[C@@H](C(=O)O)N(S(C)(=O)=O)C1. The molecule has 1 heterocycles. The van der Waals surface area contributed by atoms with Gasteiger partial charge in [-0.1, -0.05) is 0 Å².